The van der Waals surface area contributed by atoms with Crippen LogP contribution in [0, 0.1) is 40.8 Å². The Balaban J connectivity index is 1.24. The Morgan fingerprint density at radius 3 is 2.72 bits per heavy atom. The second-order valence-corrected chi connectivity index (χ2v) is 14.7. The molecular formula is C37H42FNO7. The molecule has 4 aliphatic carbocycles. The minimum absolute atomic E-state index is 0.0145. The molecule has 0 unspecified atom stereocenters. The number of aliphatic hydroxyl groups excluding tert-OH is 2. The Kier molecular flexibility index (Phi) is 7.18. The van der Waals surface area contributed by atoms with Crippen LogP contribution in [-0.4, -0.2) is 46.2 Å². The molecule has 0 radical (unpaired) electrons. The normalized spacial score (nSPS) is 39.2. The van der Waals surface area contributed by atoms with Crippen molar-refractivity contribution in [1.82, 2.24) is 0 Å². The molecule has 244 valence electrons. The number of benzene rings is 2. The van der Waals surface area contributed by atoms with Gasteiger partial charge in [0.2, 0.25) is 0 Å². The maximum absolute atomic E-state index is 16.2. The van der Waals surface area contributed by atoms with Crippen molar-refractivity contribution in [2.75, 3.05) is 12.3 Å². The van der Waals surface area contributed by atoms with Crippen molar-refractivity contribution in [1.29, 1.82) is 0 Å². The molecule has 0 aromatic heterocycles. The number of carbonyl (C=O) groups excluding carboxylic acids is 2. The largest absolute Gasteiger partial charge is 0.486 e. The first kappa shape index (κ1) is 31.2. The Morgan fingerprint density at radius 1 is 1.20 bits per heavy atom. The highest BCUT2D eigenvalue weighted by atomic mass is 19.1. The number of nitrogen functional groups attached to an aromatic ring is 1. The highest BCUT2D eigenvalue weighted by molar-refractivity contribution is 6.01. The third-order valence-corrected chi connectivity index (χ3v) is 12.3. The van der Waals surface area contributed by atoms with Gasteiger partial charge in [-0.1, -0.05) is 50.6 Å². The average molecular weight is 632 g/mol. The summed E-state index contributed by atoms with van der Waals surface area (Å²) in [5.74, 6) is -1.51. The lowest BCUT2D eigenvalue weighted by Crippen LogP contribution is -2.66. The SMILES string of the molecule is Cc1ccc(OCc2cccc(N)c2)c(F)c1[C@H]1O[C@@H]2C[C@H]3[C@]4(C)CCC5=CC(=O)C=C[C@]5(C)[C@H]4[C@@H](O)C[C@]3(C)[C@]2(C(=O)CO)O1. The molecule has 5 aliphatic rings. The second kappa shape index (κ2) is 10.6. The molecule has 1 saturated heterocycles. The van der Waals surface area contributed by atoms with Gasteiger partial charge in [-0.25, -0.2) is 4.39 Å². The molecule has 1 heterocycles. The molecule has 1 aliphatic heterocycles. The number of Topliss-reactive ketones (excluding diaryl/α,β-unsaturated/α-hetero) is 1. The van der Waals surface area contributed by atoms with E-state index in [4.69, 9.17) is 19.9 Å². The van der Waals surface area contributed by atoms with E-state index in [1.54, 1.807) is 49.4 Å². The first-order valence-electron chi connectivity index (χ1n) is 16.1. The molecule has 3 saturated carbocycles. The van der Waals surface area contributed by atoms with Crippen LogP contribution >= 0.6 is 0 Å². The molecule has 2 aromatic rings. The molecular weight excluding hydrogens is 589 g/mol. The van der Waals surface area contributed by atoms with Gasteiger partial charge in [-0.2, -0.15) is 0 Å². The quantitative estimate of drug-likeness (QED) is 0.367. The average Bonchev–Trinajstić information content (AvgIpc) is 3.50. The minimum Gasteiger partial charge on any atom is -0.486 e. The van der Waals surface area contributed by atoms with Crippen LogP contribution in [0.3, 0.4) is 0 Å². The third kappa shape index (κ3) is 4.17. The van der Waals surface area contributed by atoms with Gasteiger partial charge in [0.25, 0.3) is 0 Å². The van der Waals surface area contributed by atoms with Crippen LogP contribution in [0.4, 0.5) is 10.1 Å². The number of aryl methyl sites for hydroxylation is 1. The number of anilines is 1. The number of ketones is 2. The van der Waals surface area contributed by atoms with Crippen LogP contribution in [0.2, 0.25) is 0 Å². The van der Waals surface area contributed by atoms with Gasteiger partial charge in [0.15, 0.2) is 35.0 Å². The van der Waals surface area contributed by atoms with Gasteiger partial charge in [-0.05, 0) is 85.4 Å². The van der Waals surface area contributed by atoms with Gasteiger partial charge >= 0.3 is 0 Å². The number of hydrogen-bond donors (Lipinski definition) is 3. The lowest BCUT2D eigenvalue weighted by Gasteiger charge is -2.64. The predicted octanol–water partition coefficient (Wildman–Crippen LogP) is 5.29. The number of allylic oxidation sites excluding steroid dienone is 4. The summed E-state index contributed by atoms with van der Waals surface area (Å²) in [5.41, 5.74) is 5.52. The van der Waals surface area contributed by atoms with Crippen LogP contribution in [-0.2, 0) is 25.7 Å². The highest BCUT2D eigenvalue weighted by Crippen LogP contribution is 2.74. The summed E-state index contributed by atoms with van der Waals surface area (Å²) in [6.45, 7) is 7.31. The van der Waals surface area contributed by atoms with E-state index < -0.39 is 58.6 Å². The summed E-state index contributed by atoms with van der Waals surface area (Å²) in [6, 6.07) is 10.4. The summed E-state index contributed by atoms with van der Waals surface area (Å²) < 4.78 is 35.3. The molecule has 7 rings (SSSR count). The monoisotopic (exact) mass is 631 g/mol. The number of nitrogens with two attached hydrogens (primary N) is 1. The lowest BCUT2D eigenvalue weighted by molar-refractivity contribution is -0.221. The van der Waals surface area contributed by atoms with Crippen molar-refractivity contribution in [3.63, 3.8) is 0 Å². The van der Waals surface area contributed by atoms with E-state index in [2.05, 4.69) is 13.8 Å². The topological polar surface area (TPSA) is 128 Å². The van der Waals surface area contributed by atoms with E-state index in [1.807, 2.05) is 19.1 Å². The van der Waals surface area contributed by atoms with Crippen molar-refractivity contribution < 1.29 is 38.4 Å². The number of carbonyl (C=O) groups is 2. The van der Waals surface area contributed by atoms with Crippen molar-refractivity contribution >= 4 is 17.3 Å². The number of ether oxygens (including phenoxy) is 3. The van der Waals surface area contributed by atoms with Crippen LogP contribution in [0.5, 0.6) is 5.75 Å². The second-order valence-electron chi connectivity index (χ2n) is 14.7. The fraction of sp³-hybridized carbons (Fsp3) is 0.514. The molecule has 9 atom stereocenters. The summed E-state index contributed by atoms with van der Waals surface area (Å²) in [6.07, 6.45) is 4.52. The van der Waals surface area contributed by atoms with Gasteiger partial charge in [-0.15, -0.1) is 0 Å². The zero-order chi connectivity index (χ0) is 32.8. The fourth-order valence-corrected chi connectivity index (χ4v) is 10.4. The van der Waals surface area contributed by atoms with Crippen LogP contribution in [0.15, 0.2) is 60.2 Å². The standard InChI is InChI=1S/C37H42FNO7/c1-20-8-9-26(44-19-21-6-5-7-23(39)14-21)31(38)30(20)33-45-29-16-27-35(3)12-10-22-15-24(41)11-13-34(22,2)32(35)25(42)17-36(27,4)37(29,46-33)28(43)18-40/h5-9,11,13-15,25,27,29,32-33,40,42H,10,12,16-19,39H2,1-4H3/t25-,27-,29+,32+,33-,34-,35-,36-,37+/m0/s1. The number of aliphatic hydroxyl groups is 2. The van der Waals surface area contributed by atoms with Crippen molar-refractivity contribution in [2.24, 2.45) is 28.1 Å². The van der Waals surface area contributed by atoms with E-state index >= 15 is 4.39 Å². The van der Waals surface area contributed by atoms with Gasteiger partial charge < -0.3 is 30.2 Å². The summed E-state index contributed by atoms with van der Waals surface area (Å²) in [5, 5.41) is 22.4. The number of fused-ring (bicyclic) bond motifs is 7. The summed E-state index contributed by atoms with van der Waals surface area (Å²) in [7, 11) is 0. The molecule has 2 aromatic carbocycles. The molecule has 0 amide bonds. The van der Waals surface area contributed by atoms with Crippen LogP contribution < -0.4 is 10.5 Å². The first-order chi connectivity index (χ1) is 21.8. The van der Waals surface area contributed by atoms with Gasteiger partial charge in [0, 0.05) is 22.4 Å². The van der Waals surface area contributed by atoms with Crippen LogP contribution in [0.25, 0.3) is 0 Å². The minimum atomic E-state index is -1.60. The molecule has 0 spiro atoms. The molecule has 46 heavy (non-hydrogen) atoms. The molecule has 4 N–H and O–H groups in total. The van der Waals surface area contributed by atoms with Gasteiger partial charge in [0.1, 0.15) is 13.2 Å². The van der Waals surface area contributed by atoms with E-state index in [0.717, 1.165) is 17.6 Å². The van der Waals surface area contributed by atoms with Gasteiger partial charge in [-0.3, -0.25) is 9.59 Å². The Labute approximate surface area is 268 Å². The van der Waals surface area contributed by atoms with E-state index in [-0.39, 0.29) is 42.0 Å². The third-order valence-electron chi connectivity index (χ3n) is 12.3. The lowest BCUT2D eigenvalue weighted by atomic mass is 9.40. The Morgan fingerprint density at radius 2 is 1.98 bits per heavy atom. The fourth-order valence-electron chi connectivity index (χ4n) is 10.4. The molecule has 4 fully saturated rings. The zero-order valence-corrected chi connectivity index (χ0v) is 26.7. The zero-order valence-electron chi connectivity index (χ0n) is 26.7. The molecule has 0 bridgehead atoms. The Bertz CT molecular complexity index is 1690. The van der Waals surface area contributed by atoms with E-state index in [9.17, 15) is 19.8 Å². The first-order valence-corrected chi connectivity index (χ1v) is 16.1. The number of halogens is 1. The van der Waals surface area contributed by atoms with Crippen LogP contribution in [0.1, 0.15) is 69.4 Å². The van der Waals surface area contributed by atoms with Crippen molar-refractivity contribution in [2.45, 2.75) is 84.1 Å². The smallest absolute Gasteiger partial charge is 0.193 e. The maximum atomic E-state index is 16.2. The highest BCUT2D eigenvalue weighted by Gasteiger charge is 2.78. The van der Waals surface area contributed by atoms with Crippen molar-refractivity contribution in [3.05, 3.63) is 82.7 Å². The summed E-state index contributed by atoms with van der Waals surface area (Å²) >= 11 is 0. The number of hydrogen-bond acceptors (Lipinski definition) is 8. The van der Waals surface area contributed by atoms with E-state index in [1.165, 1.54) is 0 Å². The Hall–Kier alpha value is -3.37. The van der Waals surface area contributed by atoms with Gasteiger partial charge in [0.05, 0.1) is 17.8 Å². The summed E-state index contributed by atoms with van der Waals surface area (Å²) in [4.78, 5) is 26.2. The number of rotatable bonds is 6. The molecule has 9 heteroatoms. The predicted molar refractivity (Wildman–Crippen MR) is 168 cm³/mol. The van der Waals surface area contributed by atoms with Crippen molar-refractivity contribution in [3.8, 4) is 5.75 Å². The van der Waals surface area contributed by atoms with E-state index in [0.29, 0.717) is 24.1 Å². The molecule has 8 nitrogen and oxygen atoms in total. The maximum Gasteiger partial charge on any atom is 0.193 e.